The average molecular weight is 477 g/mol. The van der Waals surface area contributed by atoms with Crippen molar-refractivity contribution in [2.75, 3.05) is 25.1 Å². The maximum atomic E-state index is 13.4. The Balaban J connectivity index is 1.82. The Hall–Kier alpha value is -2.32. The van der Waals surface area contributed by atoms with Crippen molar-refractivity contribution < 1.29 is 17.6 Å². The van der Waals surface area contributed by atoms with E-state index in [0.717, 1.165) is 36.8 Å². The molecule has 152 valence electrons. The maximum absolute atomic E-state index is 13.4. The normalized spacial score (nSPS) is 14.8. The molecule has 29 heavy (non-hydrogen) atoms. The van der Waals surface area contributed by atoms with Gasteiger partial charge in [-0.25, -0.2) is 8.42 Å². The van der Waals surface area contributed by atoms with Crippen LogP contribution in [0.4, 0.5) is 5.88 Å². The van der Waals surface area contributed by atoms with Crippen molar-refractivity contribution in [2.24, 2.45) is 0 Å². The van der Waals surface area contributed by atoms with Gasteiger partial charge in [0.15, 0.2) is 0 Å². The molecular formula is C21H21BrN2O4S. The first kappa shape index (κ1) is 20.0. The van der Waals surface area contributed by atoms with Crippen LogP contribution in [0, 0.1) is 0 Å². The van der Waals surface area contributed by atoms with E-state index in [9.17, 15) is 8.42 Å². The minimum atomic E-state index is -3.83. The number of methoxy groups -OCH3 is 1. The summed E-state index contributed by atoms with van der Waals surface area (Å²) in [6.45, 7) is 1.50. The summed E-state index contributed by atoms with van der Waals surface area (Å²) in [5.41, 5.74) is 0.696. The van der Waals surface area contributed by atoms with Gasteiger partial charge in [-0.15, -0.1) is 0 Å². The van der Waals surface area contributed by atoms with Crippen molar-refractivity contribution in [3.8, 4) is 17.2 Å². The van der Waals surface area contributed by atoms with Gasteiger partial charge in [-0.1, -0.05) is 15.9 Å². The van der Waals surface area contributed by atoms with E-state index in [1.54, 1.807) is 55.6 Å². The molecule has 1 aliphatic heterocycles. The van der Waals surface area contributed by atoms with Gasteiger partial charge in [0.2, 0.25) is 26.6 Å². The molecule has 0 bridgehead atoms. The van der Waals surface area contributed by atoms with Gasteiger partial charge in [-0.05, 0) is 67.8 Å². The molecule has 2 aromatic carbocycles. The highest BCUT2D eigenvalue weighted by Gasteiger charge is 2.32. The van der Waals surface area contributed by atoms with Crippen LogP contribution >= 0.6 is 15.9 Å². The quantitative estimate of drug-likeness (QED) is 0.519. The highest BCUT2D eigenvalue weighted by Crippen LogP contribution is 2.36. The smallest absolute Gasteiger partial charge is 0.236 e. The summed E-state index contributed by atoms with van der Waals surface area (Å²) in [4.78, 5) is 6.60. The van der Waals surface area contributed by atoms with Crippen LogP contribution in [0.5, 0.6) is 5.75 Å². The molecule has 0 N–H and O–H groups in total. The molecule has 1 saturated heterocycles. The van der Waals surface area contributed by atoms with Crippen LogP contribution in [0.3, 0.4) is 0 Å². The summed E-state index contributed by atoms with van der Waals surface area (Å²) in [6.07, 6.45) is 3.12. The number of benzene rings is 2. The van der Waals surface area contributed by atoms with Crippen LogP contribution in [0.25, 0.3) is 11.5 Å². The van der Waals surface area contributed by atoms with Crippen molar-refractivity contribution in [2.45, 2.75) is 29.2 Å². The molecule has 1 aliphatic rings. The Morgan fingerprint density at radius 2 is 1.66 bits per heavy atom. The van der Waals surface area contributed by atoms with Crippen molar-refractivity contribution in [3.63, 3.8) is 0 Å². The molecule has 0 saturated carbocycles. The first-order chi connectivity index (χ1) is 14.0. The van der Waals surface area contributed by atoms with E-state index in [0.29, 0.717) is 17.2 Å². The number of rotatable bonds is 5. The fourth-order valence-corrected chi connectivity index (χ4v) is 4.94. The zero-order chi connectivity index (χ0) is 20.4. The van der Waals surface area contributed by atoms with Crippen molar-refractivity contribution >= 4 is 31.7 Å². The molecule has 4 rings (SSSR count). The number of piperidine rings is 1. The molecule has 1 aromatic heterocycles. The summed E-state index contributed by atoms with van der Waals surface area (Å²) in [7, 11) is -2.23. The largest absolute Gasteiger partial charge is 0.497 e. The van der Waals surface area contributed by atoms with Gasteiger partial charge in [0.05, 0.1) is 12.0 Å². The molecular weight excluding hydrogens is 456 g/mol. The van der Waals surface area contributed by atoms with Crippen LogP contribution in [0.2, 0.25) is 0 Å². The van der Waals surface area contributed by atoms with E-state index < -0.39 is 9.84 Å². The Kier molecular flexibility index (Phi) is 5.65. The minimum Gasteiger partial charge on any atom is -0.497 e. The van der Waals surface area contributed by atoms with Gasteiger partial charge in [0, 0.05) is 23.1 Å². The molecule has 0 radical (unpaired) electrons. The number of aromatic nitrogens is 1. The third-order valence-electron chi connectivity index (χ3n) is 4.94. The van der Waals surface area contributed by atoms with E-state index in [1.165, 1.54) is 0 Å². The van der Waals surface area contributed by atoms with Crippen molar-refractivity contribution in [1.82, 2.24) is 4.98 Å². The number of halogens is 1. The SMILES string of the molecule is COc1ccc(-c2nc(S(=O)(=O)c3ccc(Br)cc3)c(N3CCCCC3)o2)cc1. The molecule has 0 aliphatic carbocycles. The fourth-order valence-electron chi connectivity index (χ4n) is 3.35. The zero-order valence-electron chi connectivity index (χ0n) is 16.0. The summed E-state index contributed by atoms with van der Waals surface area (Å²) < 4.78 is 38.8. The molecule has 3 aromatic rings. The second-order valence-corrected chi connectivity index (χ2v) is 9.64. The van der Waals surface area contributed by atoms with Crippen molar-refractivity contribution in [1.29, 1.82) is 0 Å². The van der Waals surface area contributed by atoms with Gasteiger partial charge in [-0.3, -0.25) is 0 Å². The predicted molar refractivity (Wildman–Crippen MR) is 114 cm³/mol. The van der Waals surface area contributed by atoms with Crippen LogP contribution < -0.4 is 9.64 Å². The summed E-state index contributed by atoms with van der Waals surface area (Å²) in [5, 5.41) is -0.0347. The van der Waals surface area contributed by atoms with Crippen LogP contribution in [-0.2, 0) is 9.84 Å². The predicted octanol–water partition coefficient (Wildman–Crippen LogP) is 4.94. The first-order valence-electron chi connectivity index (χ1n) is 9.40. The lowest BCUT2D eigenvalue weighted by atomic mass is 10.1. The number of ether oxygens (including phenoxy) is 1. The number of hydrogen-bond donors (Lipinski definition) is 0. The highest BCUT2D eigenvalue weighted by molar-refractivity contribution is 9.10. The monoisotopic (exact) mass is 476 g/mol. The Labute approximate surface area is 178 Å². The molecule has 0 amide bonds. The lowest BCUT2D eigenvalue weighted by Gasteiger charge is -2.26. The van der Waals surface area contributed by atoms with E-state index in [2.05, 4.69) is 20.9 Å². The molecule has 0 unspecified atom stereocenters. The molecule has 0 spiro atoms. The second kappa shape index (κ2) is 8.20. The Bertz CT molecular complexity index is 1090. The van der Waals surface area contributed by atoms with E-state index in [-0.39, 0.29) is 15.8 Å². The second-order valence-electron chi connectivity index (χ2n) is 6.86. The van der Waals surface area contributed by atoms with Gasteiger partial charge in [0.1, 0.15) is 5.75 Å². The summed E-state index contributed by atoms with van der Waals surface area (Å²) in [5.74, 6) is 1.31. The molecule has 1 fully saturated rings. The first-order valence-corrected chi connectivity index (χ1v) is 11.7. The molecule has 2 heterocycles. The molecule has 0 atom stereocenters. The Morgan fingerprint density at radius 1 is 1.00 bits per heavy atom. The third kappa shape index (κ3) is 4.04. The van der Waals surface area contributed by atoms with Gasteiger partial charge in [-0.2, -0.15) is 4.98 Å². The summed E-state index contributed by atoms with van der Waals surface area (Å²) >= 11 is 3.34. The number of anilines is 1. The fraction of sp³-hybridized carbons (Fsp3) is 0.286. The molecule has 6 nitrogen and oxygen atoms in total. The zero-order valence-corrected chi connectivity index (χ0v) is 18.4. The van der Waals surface area contributed by atoms with E-state index >= 15 is 0 Å². The maximum Gasteiger partial charge on any atom is 0.236 e. The molecule has 8 heteroatoms. The van der Waals surface area contributed by atoms with Crippen LogP contribution in [0.15, 0.2) is 67.3 Å². The summed E-state index contributed by atoms with van der Waals surface area (Å²) in [6, 6.07) is 13.8. The highest BCUT2D eigenvalue weighted by atomic mass is 79.9. The lowest BCUT2D eigenvalue weighted by Crippen LogP contribution is -2.30. The topological polar surface area (TPSA) is 72.6 Å². The van der Waals surface area contributed by atoms with Gasteiger partial charge < -0.3 is 14.1 Å². The van der Waals surface area contributed by atoms with Gasteiger partial charge >= 0.3 is 0 Å². The van der Waals surface area contributed by atoms with Crippen molar-refractivity contribution in [3.05, 3.63) is 53.0 Å². The average Bonchev–Trinajstić information content (AvgIpc) is 3.21. The van der Waals surface area contributed by atoms with Crippen LogP contribution in [-0.4, -0.2) is 33.6 Å². The number of nitrogens with zero attached hydrogens (tertiary/aromatic N) is 2. The van der Waals surface area contributed by atoms with E-state index in [4.69, 9.17) is 9.15 Å². The third-order valence-corrected chi connectivity index (χ3v) is 7.13. The lowest BCUT2D eigenvalue weighted by molar-refractivity contribution is 0.415. The standard InChI is InChI=1S/C21H21BrN2O4S/c1-27-17-9-5-15(6-10-17)19-23-20(21(28-19)24-13-3-2-4-14-24)29(25,26)18-11-7-16(22)8-12-18/h5-12H,2-4,13-14H2,1H3. The number of oxazole rings is 1. The number of sulfone groups is 1. The Morgan fingerprint density at radius 3 is 2.28 bits per heavy atom. The van der Waals surface area contributed by atoms with E-state index in [1.807, 2.05) is 4.90 Å². The number of hydrogen-bond acceptors (Lipinski definition) is 6. The van der Waals surface area contributed by atoms with Crippen LogP contribution in [0.1, 0.15) is 19.3 Å². The van der Waals surface area contributed by atoms with Gasteiger partial charge in [0.25, 0.3) is 0 Å². The minimum absolute atomic E-state index is 0.0347.